The Morgan fingerprint density at radius 1 is 0.909 bits per heavy atom. The van der Waals surface area contributed by atoms with Crippen LogP contribution in [0.25, 0.3) is 0 Å². The lowest BCUT2D eigenvalue weighted by atomic mass is 10.0. The van der Waals surface area contributed by atoms with Crippen molar-refractivity contribution in [2.75, 3.05) is 6.61 Å². The summed E-state index contributed by atoms with van der Waals surface area (Å²) >= 11 is 0. The standard InChI is InChI=1S/C24H41N8O11P/c1-11(2)6-16(29-14(5)34)21(36)30-17(7-15-8-26-10-27-15)22(37)31-18(9-33)23(38)32-19(13(4)43-44(40,41)42)24(39)28-12(3)20(25)35/h8,10-13,16-19,33H,6-7,9H2,1-5H3,(H2,25,35)(H,26,27)(H,28,39)(H,29,34)(H,30,36)(H,31,37)(H,32,38)(H2,40,41,42)/t12-,13+,16-,17-,18-,19-/m0/s1. The summed E-state index contributed by atoms with van der Waals surface area (Å²) in [5, 5.41) is 21.5. The molecule has 1 aromatic heterocycles. The summed E-state index contributed by atoms with van der Waals surface area (Å²) in [5.74, 6) is -5.37. The van der Waals surface area contributed by atoms with Crippen LogP contribution in [0.15, 0.2) is 12.5 Å². The Morgan fingerprint density at radius 2 is 1.48 bits per heavy atom. The second kappa shape index (κ2) is 17.4. The molecule has 0 unspecified atom stereocenters. The fraction of sp³-hybridized carbons (Fsp3) is 0.625. The topological polar surface area (TPSA) is 304 Å². The van der Waals surface area contributed by atoms with Gasteiger partial charge in [0.05, 0.1) is 19.0 Å². The van der Waals surface area contributed by atoms with E-state index in [1.54, 1.807) is 0 Å². The van der Waals surface area contributed by atoms with Gasteiger partial charge in [0.1, 0.15) is 30.2 Å². The largest absolute Gasteiger partial charge is 0.469 e. The minimum Gasteiger partial charge on any atom is -0.394 e. The minimum atomic E-state index is -5.16. The number of phosphoric acid groups is 1. The van der Waals surface area contributed by atoms with Crippen molar-refractivity contribution in [1.29, 1.82) is 0 Å². The van der Waals surface area contributed by atoms with E-state index in [0.29, 0.717) is 5.69 Å². The van der Waals surface area contributed by atoms with Gasteiger partial charge in [-0.3, -0.25) is 33.3 Å². The van der Waals surface area contributed by atoms with E-state index in [2.05, 4.69) is 41.1 Å². The van der Waals surface area contributed by atoms with Crippen LogP contribution in [-0.4, -0.2) is 103 Å². The normalized spacial score (nSPS) is 15.6. The van der Waals surface area contributed by atoms with Crippen molar-refractivity contribution in [3.63, 3.8) is 0 Å². The average Bonchev–Trinajstić information content (AvgIpc) is 3.40. The quantitative estimate of drug-likeness (QED) is 0.0692. The predicted octanol–water partition coefficient (Wildman–Crippen LogP) is -3.56. The van der Waals surface area contributed by atoms with Crippen LogP contribution in [0.3, 0.4) is 0 Å². The number of carbonyl (C=O) groups excluding carboxylic acids is 6. The van der Waals surface area contributed by atoms with E-state index in [0.717, 1.165) is 6.92 Å². The molecule has 6 atom stereocenters. The van der Waals surface area contributed by atoms with Gasteiger partial charge in [-0.1, -0.05) is 13.8 Å². The Morgan fingerprint density at radius 3 is 1.95 bits per heavy atom. The number of phosphoric ester groups is 1. The second-order valence-electron chi connectivity index (χ2n) is 10.4. The number of carbonyl (C=O) groups is 6. The number of nitrogens with zero attached hydrogens (tertiary/aromatic N) is 1. The van der Waals surface area contributed by atoms with Crippen LogP contribution in [-0.2, 0) is 44.3 Å². The number of aliphatic hydroxyl groups is 1. The van der Waals surface area contributed by atoms with Crippen LogP contribution in [0, 0.1) is 5.92 Å². The third-order valence-corrected chi connectivity index (χ3v) is 6.57. The zero-order valence-electron chi connectivity index (χ0n) is 24.9. The van der Waals surface area contributed by atoms with Crippen molar-refractivity contribution < 1.29 is 52.7 Å². The highest BCUT2D eigenvalue weighted by molar-refractivity contribution is 7.46. The molecule has 0 aliphatic heterocycles. The molecule has 11 N–H and O–H groups in total. The molecule has 19 nitrogen and oxygen atoms in total. The van der Waals surface area contributed by atoms with E-state index >= 15 is 0 Å². The van der Waals surface area contributed by atoms with E-state index in [4.69, 9.17) is 5.73 Å². The molecule has 0 bridgehead atoms. The fourth-order valence-corrected chi connectivity index (χ4v) is 4.37. The Balaban J connectivity index is 3.21. The number of primary amides is 1. The van der Waals surface area contributed by atoms with Crippen LogP contribution in [0.5, 0.6) is 0 Å². The number of rotatable bonds is 18. The SMILES string of the molecule is CC(=O)N[C@@H](CC(C)C)C(=O)N[C@@H](Cc1cnc[nH]1)C(=O)N[C@@H](CO)C(=O)N[C@H](C(=O)N[C@@H](C)C(N)=O)[C@@H](C)OP(=O)(O)O. The molecule has 0 saturated heterocycles. The lowest BCUT2D eigenvalue weighted by Gasteiger charge is -2.28. The summed E-state index contributed by atoms with van der Waals surface area (Å²) in [6.45, 7) is 6.14. The van der Waals surface area contributed by atoms with Gasteiger partial charge >= 0.3 is 7.82 Å². The van der Waals surface area contributed by atoms with Crippen LogP contribution >= 0.6 is 7.82 Å². The Hall–Kier alpha value is -3.90. The van der Waals surface area contributed by atoms with Crippen molar-refractivity contribution in [2.24, 2.45) is 11.7 Å². The van der Waals surface area contributed by atoms with Crippen molar-refractivity contribution in [1.82, 2.24) is 36.6 Å². The third kappa shape index (κ3) is 13.6. The van der Waals surface area contributed by atoms with Gasteiger partial charge in [-0.15, -0.1) is 0 Å². The van der Waals surface area contributed by atoms with Crippen molar-refractivity contribution in [3.05, 3.63) is 18.2 Å². The predicted molar refractivity (Wildman–Crippen MR) is 152 cm³/mol. The first-order chi connectivity index (χ1) is 20.3. The summed E-state index contributed by atoms with van der Waals surface area (Å²) < 4.78 is 15.9. The average molecular weight is 649 g/mol. The number of H-pyrrole nitrogens is 1. The van der Waals surface area contributed by atoms with Crippen molar-refractivity contribution in [2.45, 2.75) is 83.8 Å². The van der Waals surface area contributed by atoms with Crippen LogP contribution < -0.4 is 32.3 Å². The van der Waals surface area contributed by atoms with Gasteiger partial charge in [0.15, 0.2) is 0 Å². The van der Waals surface area contributed by atoms with Crippen molar-refractivity contribution in [3.8, 4) is 0 Å². The molecular formula is C24H41N8O11P. The number of hydrogen-bond donors (Lipinski definition) is 10. The van der Waals surface area contributed by atoms with Gasteiger partial charge in [-0.2, -0.15) is 0 Å². The number of hydrogen-bond acceptors (Lipinski definition) is 10. The maximum Gasteiger partial charge on any atom is 0.469 e. The molecule has 0 aliphatic carbocycles. The van der Waals surface area contributed by atoms with Crippen LogP contribution in [0.1, 0.15) is 46.7 Å². The Bertz CT molecular complexity index is 1210. The lowest BCUT2D eigenvalue weighted by Crippen LogP contribution is -2.61. The lowest BCUT2D eigenvalue weighted by molar-refractivity contribution is -0.136. The van der Waals surface area contributed by atoms with Gasteiger partial charge < -0.3 is 52.2 Å². The minimum absolute atomic E-state index is 0.00648. The number of nitrogens with two attached hydrogens (primary N) is 1. The van der Waals surface area contributed by atoms with Crippen molar-refractivity contribution >= 4 is 43.3 Å². The molecule has 1 rings (SSSR count). The number of aliphatic hydroxyl groups excluding tert-OH is 1. The van der Waals surface area contributed by atoms with Crippen LogP contribution in [0.2, 0.25) is 0 Å². The maximum atomic E-state index is 13.3. The highest BCUT2D eigenvalue weighted by Gasteiger charge is 2.36. The van der Waals surface area contributed by atoms with E-state index < -0.39 is 86.2 Å². The summed E-state index contributed by atoms with van der Waals surface area (Å²) in [6, 6.07) is -7.16. The first kappa shape index (κ1) is 38.1. The smallest absolute Gasteiger partial charge is 0.394 e. The molecule has 1 heterocycles. The molecule has 0 spiro atoms. The molecule has 44 heavy (non-hydrogen) atoms. The van der Waals surface area contributed by atoms with Gasteiger partial charge in [-0.05, 0) is 26.2 Å². The highest BCUT2D eigenvalue weighted by atomic mass is 31.2. The van der Waals surface area contributed by atoms with Crippen LogP contribution in [0.4, 0.5) is 0 Å². The third-order valence-electron chi connectivity index (χ3n) is 5.97. The van der Waals surface area contributed by atoms with Gasteiger partial charge in [0.25, 0.3) is 0 Å². The molecule has 6 amide bonds. The molecule has 0 fully saturated rings. The van der Waals surface area contributed by atoms with Gasteiger partial charge in [-0.25, -0.2) is 9.55 Å². The number of aromatic nitrogens is 2. The second-order valence-corrected chi connectivity index (χ2v) is 11.6. The van der Waals surface area contributed by atoms with Gasteiger partial charge in [0.2, 0.25) is 35.4 Å². The molecule has 1 aromatic rings. The first-order valence-corrected chi connectivity index (χ1v) is 15.0. The summed E-state index contributed by atoms with van der Waals surface area (Å²) in [5.41, 5.74) is 5.55. The number of amides is 6. The molecule has 0 radical (unpaired) electrons. The van der Waals surface area contributed by atoms with E-state index in [-0.39, 0.29) is 18.8 Å². The monoisotopic (exact) mass is 648 g/mol. The van der Waals surface area contributed by atoms with E-state index in [1.807, 2.05) is 13.8 Å². The zero-order chi connectivity index (χ0) is 33.8. The number of nitrogens with one attached hydrogen (secondary N) is 6. The first-order valence-electron chi connectivity index (χ1n) is 13.4. The van der Waals surface area contributed by atoms with E-state index in [9.17, 15) is 48.2 Å². The molecular weight excluding hydrogens is 607 g/mol. The Labute approximate surface area is 253 Å². The summed E-state index contributed by atoms with van der Waals surface area (Å²) in [6.07, 6.45) is 1.16. The fourth-order valence-electron chi connectivity index (χ4n) is 3.81. The zero-order valence-corrected chi connectivity index (χ0v) is 25.8. The molecule has 0 saturated carbocycles. The molecule has 0 aromatic carbocycles. The molecule has 248 valence electrons. The van der Waals surface area contributed by atoms with Gasteiger partial charge in [0, 0.05) is 25.2 Å². The molecule has 0 aliphatic rings. The summed E-state index contributed by atoms with van der Waals surface area (Å²) in [7, 11) is -5.16. The number of imidazole rings is 1. The highest BCUT2D eigenvalue weighted by Crippen LogP contribution is 2.38. The molecule has 20 heteroatoms. The summed E-state index contributed by atoms with van der Waals surface area (Å²) in [4.78, 5) is 100. The van der Waals surface area contributed by atoms with E-state index in [1.165, 1.54) is 26.4 Å². The Kier molecular flexibility index (Phi) is 15.1. The number of aromatic amines is 1. The maximum absolute atomic E-state index is 13.3.